The minimum Gasteiger partial charge on any atom is -0.741 e. The second kappa shape index (κ2) is 15.8. The minimum absolute atomic E-state index is 0.329. The molecule has 56 heavy (non-hydrogen) atoms. The third-order valence-corrected chi connectivity index (χ3v) is 10.4. The monoisotopic (exact) mass is 825 g/mol. The van der Waals surface area contributed by atoms with E-state index in [1.807, 2.05) is 25.3 Å². The van der Waals surface area contributed by atoms with E-state index in [1.165, 1.54) is 55.5 Å². The molecule has 0 radical (unpaired) electrons. The molecule has 0 aliphatic carbocycles. The van der Waals surface area contributed by atoms with Gasteiger partial charge in [-0.1, -0.05) is 30.4 Å². The number of aromatic amines is 1. The molecule has 0 fully saturated rings. The summed E-state index contributed by atoms with van der Waals surface area (Å²) >= 11 is 0. The van der Waals surface area contributed by atoms with Gasteiger partial charge >= 0.3 is 17.0 Å². The predicted molar refractivity (Wildman–Crippen MR) is 189 cm³/mol. The summed E-state index contributed by atoms with van der Waals surface area (Å²) in [6, 6.07) is 17.4. The van der Waals surface area contributed by atoms with Gasteiger partial charge in [0.25, 0.3) is 0 Å². The maximum atomic E-state index is 12.1. The minimum atomic E-state index is -6.09. The Labute approximate surface area is 317 Å². The molecule has 19 heteroatoms. The van der Waals surface area contributed by atoms with Gasteiger partial charge in [-0.3, -0.25) is 0 Å². The Morgan fingerprint density at radius 3 is 1.93 bits per heavy atom. The van der Waals surface area contributed by atoms with Crippen LogP contribution in [0.5, 0.6) is 0 Å². The van der Waals surface area contributed by atoms with Crippen LogP contribution in [-0.2, 0) is 50.9 Å². The number of fused-ring (bicyclic) bond motifs is 9. The van der Waals surface area contributed by atoms with Crippen LogP contribution in [0, 0.1) is 13.8 Å². The maximum absolute atomic E-state index is 12.1. The van der Waals surface area contributed by atoms with E-state index in [1.54, 1.807) is 0 Å². The summed E-state index contributed by atoms with van der Waals surface area (Å²) in [6.07, 6.45) is 12.6. The van der Waals surface area contributed by atoms with Gasteiger partial charge in [-0.15, -0.1) is 0 Å². The molecule has 7 rings (SSSR count). The van der Waals surface area contributed by atoms with Gasteiger partial charge < -0.3 is 18.8 Å². The van der Waals surface area contributed by atoms with Crippen molar-refractivity contribution in [1.29, 1.82) is 0 Å². The molecule has 11 nitrogen and oxygen atoms in total. The van der Waals surface area contributed by atoms with E-state index in [2.05, 4.69) is 88.9 Å². The van der Waals surface area contributed by atoms with Crippen LogP contribution in [-0.4, -0.2) is 54.5 Å². The highest BCUT2D eigenvalue weighted by Crippen LogP contribution is 2.44. The first-order chi connectivity index (χ1) is 26.0. The number of aromatic nitrogens is 3. The standard InChI is InChI=1S/C35H32N3O2.2CHF3O3S/c1-4-40-35(39)30-19-25(21-36-30)10-9-24-11-15-37-17-13-27-22(2)23(3)28-14-18-38-16-12-26-7-5-6-8-29(26)34(38)33(28)32(27)31(37)20-24;2*2-1(3,4)8(5,6)7/h5-12,15-16,19-21H,4,13-14,17-18H2,1-3H3;2*(H,5,6,7)/q+1;;/p-1. The normalized spacial score (nSPS) is 13.7. The van der Waals surface area contributed by atoms with Crippen molar-refractivity contribution in [3.8, 4) is 22.5 Å². The van der Waals surface area contributed by atoms with E-state index in [0.717, 1.165) is 37.1 Å². The zero-order valence-corrected chi connectivity index (χ0v) is 31.4. The van der Waals surface area contributed by atoms with Crippen LogP contribution >= 0.6 is 0 Å². The molecule has 0 atom stereocenters. The molecule has 0 saturated heterocycles. The van der Waals surface area contributed by atoms with Gasteiger partial charge in [0, 0.05) is 37.2 Å². The first-order valence-electron chi connectivity index (χ1n) is 16.7. The number of hydrogen-bond acceptors (Lipinski definition) is 8. The molecule has 0 amide bonds. The Hall–Kier alpha value is -5.11. The first-order valence-corrected chi connectivity index (χ1v) is 19.5. The molecule has 2 aromatic carbocycles. The fraction of sp³-hybridized carbons (Fsp3) is 0.270. The Kier molecular flexibility index (Phi) is 11.9. The van der Waals surface area contributed by atoms with E-state index < -0.39 is 31.3 Å². The summed E-state index contributed by atoms with van der Waals surface area (Å²) in [4.78, 5) is 15.1. The number of benzene rings is 2. The molecule has 5 aromatic rings. The van der Waals surface area contributed by atoms with Crippen molar-refractivity contribution in [2.45, 2.75) is 57.7 Å². The summed E-state index contributed by atoms with van der Waals surface area (Å²) in [7, 11) is -12.2. The second-order valence-corrected chi connectivity index (χ2v) is 15.4. The number of ether oxygens (including phenoxy) is 1. The lowest BCUT2D eigenvalue weighted by Gasteiger charge is -2.27. The number of rotatable bonds is 4. The van der Waals surface area contributed by atoms with Gasteiger partial charge in [0.15, 0.2) is 45.7 Å². The lowest BCUT2D eigenvalue weighted by molar-refractivity contribution is -0.689. The van der Waals surface area contributed by atoms with E-state index in [9.17, 15) is 31.1 Å². The molecular formula is C37H33F6N3O8S2. The van der Waals surface area contributed by atoms with Crippen molar-refractivity contribution < 1.29 is 70.9 Å². The molecule has 298 valence electrons. The highest BCUT2D eigenvalue weighted by Gasteiger charge is 2.39. The van der Waals surface area contributed by atoms with Crippen molar-refractivity contribution in [3.05, 3.63) is 106 Å². The number of alkyl halides is 6. The summed E-state index contributed by atoms with van der Waals surface area (Å²) in [6.45, 7) is 8.78. The average molecular weight is 826 g/mol. The number of esters is 1. The second-order valence-electron chi connectivity index (χ2n) is 12.6. The summed E-state index contributed by atoms with van der Waals surface area (Å²) in [5.74, 6) is -0.329. The number of nitrogens with zero attached hydrogens (tertiary/aromatic N) is 2. The fourth-order valence-corrected chi connectivity index (χ4v) is 6.57. The molecule has 1 N–H and O–H groups in total. The van der Waals surface area contributed by atoms with Gasteiger partial charge in [0.1, 0.15) is 5.69 Å². The lowest BCUT2D eigenvalue weighted by atomic mass is 9.79. The number of aryl methyl sites for hydroxylation is 2. The third-order valence-electron chi connectivity index (χ3n) is 9.25. The van der Waals surface area contributed by atoms with Gasteiger partial charge in [0.05, 0.1) is 23.1 Å². The van der Waals surface area contributed by atoms with E-state index >= 15 is 0 Å². The van der Waals surface area contributed by atoms with Gasteiger partial charge in [-0.05, 0) is 71.7 Å². The largest absolute Gasteiger partial charge is 0.741 e. The molecule has 0 bridgehead atoms. The van der Waals surface area contributed by atoms with Crippen LogP contribution in [0.2, 0.25) is 0 Å². The zero-order chi connectivity index (χ0) is 41.4. The number of carbonyl (C=O) groups is 1. The quantitative estimate of drug-likeness (QED) is 0.0730. The first kappa shape index (κ1) is 42.0. The smallest absolute Gasteiger partial charge is 0.485 e. The molecule has 2 aliphatic rings. The van der Waals surface area contributed by atoms with E-state index in [-0.39, 0.29) is 5.97 Å². The molecular weight excluding hydrogens is 793 g/mol. The predicted octanol–water partition coefficient (Wildman–Crippen LogP) is 6.26. The molecule has 0 saturated carbocycles. The highest BCUT2D eigenvalue weighted by atomic mass is 32.2. The average Bonchev–Trinajstić information content (AvgIpc) is 3.60. The van der Waals surface area contributed by atoms with Crippen molar-refractivity contribution in [1.82, 2.24) is 4.98 Å². The van der Waals surface area contributed by atoms with Gasteiger partial charge in [-0.25, -0.2) is 21.6 Å². The van der Waals surface area contributed by atoms with Crippen LogP contribution < -0.4 is 9.13 Å². The summed E-state index contributed by atoms with van der Waals surface area (Å²) in [5.41, 5.74) is 2.49. The SMILES string of the molecule is CCOC(=O)c1cc(C=Cc2cc[n+]3c(c2)-c2c(c(C)c(C)c4c2-c2c5ccccc5cc[n+]2CC4)CC3)c[nH]1.O=S(=O)([O-])C(F)(F)F.O=S(=O)([O-])C(F)(F)F. The highest BCUT2D eigenvalue weighted by molar-refractivity contribution is 7.86. The number of H-pyrrole nitrogens is 1. The topological polar surface area (TPSA) is 164 Å². The Morgan fingerprint density at radius 2 is 1.34 bits per heavy atom. The number of nitrogens with one attached hydrogen (secondary N) is 1. The summed E-state index contributed by atoms with van der Waals surface area (Å²) in [5, 5.41) is 2.59. The van der Waals surface area contributed by atoms with Crippen molar-refractivity contribution in [2.75, 3.05) is 6.61 Å². The maximum Gasteiger partial charge on any atom is 0.485 e. The number of halogens is 6. The van der Waals surface area contributed by atoms with Crippen molar-refractivity contribution >= 4 is 49.1 Å². The number of carbonyl (C=O) groups excluding carboxylic acids is 1. The Balaban J connectivity index is 0.000000317. The van der Waals surface area contributed by atoms with E-state index in [0.29, 0.717) is 12.3 Å². The molecule has 5 heterocycles. The van der Waals surface area contributed by atoms with Crippen LogP contribution in [0.4, 0.5) is 26.3 Å². The number of hydrogen-bond donors (Lipinski definition) is 1. The Bertz CT molecular complexity index is 2540. The van der Waals surface area contributed by atoms with Gasteiger partial charge in [0.2, 0.25) is 11.4 Å². The number of pyridine rings is 2. The van der Waals surface area contributed by atoms with Crippen LogP contribution in [0.1, 0.15) is 50.8 Å². The van der Waals surface area contributed by atoms with Crippen LogP contribution in [0.3, 0.4) is 0 Å². The third kappa shape index (κ3) is 8.80. The summed E-state index contributed by atoms with van der Waals surface area (Å²) < 4.78 is 128. The van der Waals surface area contributed by atoms with Crippen LogP contribution in [0.25, 0.3) is 45.4 Å². The fourth-order valence-electron chi connectivity index (χ4n) is 6.57. The van der Waals surface area contributed by atoms with Gasteiger partial charge in [-0.2, -0.15) is 35.5 Å². The van der Waals surface area contributed by atoms with Crippen LogP contribution in [0.15, 0.2) is 67.1 Å². The van der Waals surface area contributed by atoms with E-state index in [4.69, 9.17) is 30.7 Å². The molecule has 0 unspecified atom stereocenters. The van der Waals surface area contributed by atoms with Crippen molar-refractivity contribution in [2.24, 2.45) is 0 Å². The Morgan fingerprint density at radius 1 is 0.804 bits per heavy atom. The zero-order valence-electron chi connectivity index (χ0n) is 29.8. The molecule has 2 aliphatic heterocycles. The lowest BCUT2D eigenvalue weighted by Crippen LogP contribution is -2.43. The molecule has 3 aromatic heterocycles. The van der Waals surface area contributed by atoms with Crippen molar-refractivity contribution in [3.63, 3.8) is 0 Å². The molecule has 0 spiro atoms.